The summed E-state index contributed by atoms with van der Waals surface area (Å²) in [5.41, 5.74) is 4.83. The highest BCUT2D eigenvalue weighted by Gasteiger charge is 2.64. The highest BCUT2D eigenvalue weighted by Crippen LogP contribution is 2.50. The van der Waals surface area contributed by atoms with Gasteiger partial charge < -0.3 is 20.7 Å². The second kappa shape index (κ2) is 13.1. The molecule has 0 bridgehead atoms. The largest absolute Gasteiger partial charge is 0.443 e. The van der Waals surface area contributed by atoms with Gasteiger partial charge in [-0.05, 0) is 77.5 Å². The molecule has 1 saturated heterocycles. The van der Waals surface area contributed by atoms with Crippen molar-refractivity contribution in [1.82, 2.24) is 15.1 Å². The van der Waals surface area contributed by atoms with Crippen molar-refractivity contribution in [2.75, 3.05) is 11.3 Å². The summed E-state index contributed by atoms with van der Waals surface area (Å²) in [6.45, 7) is 5.06. The van der Waals surface area contributed by atoms with Gasteiger partial charge in [-0.1, -0.05) is 48.2 Å². The van der Waals surface area contributed by atoms with E-state index in [0.717, 1.165) is 0 Å². The van der Waals surface area contributed by atoms with Gasteiger partial charge in [-0.3, -0.25) is 14.3 Å². The number of nitrogens with two attached hydrogens (primary N) is 1. The normalized spacial score (nSPS) is 27.1. The number of rotatable bonds is 4. The monoisotopic (exact) mass is 671 g/mol. The number of sulfonamides is 1. The SMILES string of the molecule is CC(C)(C)OC(=O)N(C(N)=O)C1CCCCC/C=C\C2CC2(S(=O)(=O)Nc2ccc(Cl)c(Cl)c2)NC(=O)C2CCCN2C1=O. The number of fused-ring (bicyclic) bond motifs is 2. The summed E-state index contributed by atoms with van der Waals surface area (Å²) in [6, 6.07) is 0.857. The van der Waals surface area contributed by atoms with Crippen molar-refractivity contribution in [2.24, 2.45) is 11.7 Å². The summed E-state index contributed by atoms with van der Waals surface area (Å²) in [5, 5.41) is 3.16. The Hall–Kier alpha value is -3.03. The summed E-state index contributed by atoms with van der Waals surface area (Å²) < 4.78 is 35.5. The number of amides is 5. The van der Waals surface area contributed by atoms with E-state index in [2.05, 4.69) is 10.0 Å². The average Bonchev–Trinajstić information content (AvgIpc) is 3.39. The number of allylic oxidation sites excluding steroid dienone is 1. The second-order valence-electron chi connectivity index (χ2n) is 12.4. The lowest BCUT2D eigenvalue weighted by Crippen LogP contribution is -2.59. The van der Waals surface area contributed by atoms with Crippen LogP contribution in [0, 0.1) is 5.92 Å². The van der Waals surface area contributed by atoms with Gasteiger partial charge in [-0.2, -0.15) is 0 Å². The number of urea groups is 1. The Morgan fingerprint density at radius 2 is 1.84 bits per heavy atom. The van der Waals surface area contributed by atoms with Crippen LogP contribution in [0.15, 0.2) is 30.4 Å². The number of hydrogen-bond donors (Lipinski definition) is 3. The van der Waals surface area contributed by atoms with Crippen molar-refractivity contribution >= 4 is 62.9 Å². The zero-order valence-corrected chi connectivity index (χ0v) is 27.3. The third-order valence-corrected chi connectivity index (χ3v) is 10.7. The topological polar surface area (TPSA) is 168 Å². The molecule has 0 radical (unpaired) electrons. The van der Waals surface area contributed by atoms with Crippen molar-refractivity contribution in [3.63, 3.8) is 0 Å². The molecular weight excluding hydrogens is 633 g/mol. The van der Waals surface area contributed by atoms with Gasteiger partial charge in [0, 0.05) is 12.5 Å². The zero-order chi connectivity index (χ0) is 32.4. The fourth-order valence-corrected chi connectivity index (χ4v) is 7.71. The molecule has 44 heavy (non-hydrogen) atoms. The third kappa shape index (κ3) is 7.43. The third-order valence-electron chi connectivity index (χ3n) is 7.93. The number of anilines is 1. The number of nitrogens with one attached hydrogen (secondary N) is 2. The molecule has 0 aromatic heterocycles. The van der Waals surface area contributed by atoms with E-state index in [9.17, 15) is 27.6 Å². The minimum Gasteiger partial charge on any atom is -0.443 e. The second-order valence-corrected chi connectivity index (χ2v) is 15.1. The first-order chi connectivity index (χ1) is 20.6. The van der Waals surface area contributed by atoms with Crippen LogP contribution in [0.1, 0.15) is 72.1 Å². The van der Waals surface area contributed by atoms with Gasteiger partial charge in [0.1, 0.15) is 17.7 Å². The molecule has 4 N–H and O–H groups in total. The summed E-state index contributed by atoms with van der Waals surface area (Å²) in [7, 11) is -4.21. The van der Waals surface area contributed by atoms with Gasteiger partial charge in [0.25, 0.3) is 10.0 Å². The molecule has 1 saturated carbocycles. The number of primary amides is 1. The van der Waals surface area contributed by atoms with Gasteiger partial charge in [0.15, 0.2) is 4.87 Å². The van der Waals surface area contributed by atoms with Crippen molar-refractivity contribution < 1.29 is 32.3 Å². The fourth-order valence-electron chi connectivity index (χ4n) is 5.69. The number of ether oxygens (including phenoxy) is 1. The van der Waals surface area contributed by atoms with Crippen LogP contribution in [0.2, 0.25) is 10.0 Å². The number of carbonyl (C=O) groups is 4. The van der Waals surface area contributed by atoms with Crippen LogP contribution < -0.4 is 15.8 Å². The minimum absolute atomic E-state index is 0.128. The van der Waals surface area contributed by atoms with E-state index in [1.54, 1.807) is 26.8 Å². The van der Waals surface area contributed by atoms with Crippen LogP contribution in [0.5, 0.6) is 0 Å². The van der Waals surface area contributed by atoms with Gasteiger partial charge in [0.05, 0.1) is 15.7 Å². The molecule has 0 spiro atoms. The number of nitrogens with zero attached hydrogens (tertiary/aromatic N) is 2. The molecule has 1 aromatic carbocycles. The maximum atomic E-state index is 14.0. The summed E-state index contributed by atoms with van der Waals surface area (Å²) in [4.78, 5) is 53.7. The molecule has 4 atom stereocenters. The van der Waals surface area contributed by atoms with E-state index >= 15 is 0 Å². The lowest BCUT2D eigenvalue weighted by Gasteiger charge is -2.34. The molecule has 4 rings (SSSR count). The smallest absolute Gasteiger partial charge is 0.419 e. The number of carbonyl (C=O) groups excluding carboxylic acids is 4. The van der Waals surface area contributed by atoms with E-state index in [0.29, 0.717) is 37.0 Å². The molecule has 242 valence electrons. The summed E-state index contributed by atoms with van der Waals surface area (Å²) in [5.74, 6) is -1.78. The standard InChI is InChI=1S/C29H39Cl2N5O7S/c1-28(2,3)43-27(40)36(26(32)39)23-11-8-6-4-5-7-10-18-17-29(18,33-24(37)22-12-9-15-35(22)25(23)38)44(41,42)34-19-13-14-20(30)21(31)16-19/h7,10,13-14,16,18,22-23,34H,4-6,8-9,11-12,15,17H2,1-3H3,(H2,32,39)(H,33,37)/b10-7-. The average molecular weight is 673 g/mol. The molecule has 5 amide bonds. The van der Waals surface area contributed by atoms with Crippen LogP contribution in [0.4, 0.5) is 15.3 Å². The highest BCUT2D eigenvalue weighted by molar-refractivity contribution is 7.94. The van der Waals surface area contributed by atoms with Crippen LogP contribution in [-0.4, -0.2) is 71.3 Å². The maximum absolute atomic E-state index is 14.0. The molecule has 15 heteroatoms. The Morgan fingerprint density at radius 3 is 2.50 bits per heavy atom. The zero-order valence-electron chi connectivity index (χ0n) is 25.0. The molecule has 2 aliphatic heterocycles. The van der Waals surface area contributed by atoms with Crippen molar-refractivity contribution in [3.05, 3.63) is 40.4 Å². The Labute approximate surface area is 267 Å². The number of halogens is 2. The lowest BCUT2D eigenvalue weighted by molar-refractivity contribution is -0.142. The Bertz CT molecular complexity index is 1450. The predicted octanol–water partition coefficient (Wildman–Crippen LogP) is 4.76. The first kappa shape index (κ1) is 33.9. The van der Waals surface area contributed by atoms with E-state index in [1.807, 2.05) is 6.08 Å². The number of imide groups is 1. The lowest BCUT2D eigenvalue weighted by atomic mass is 10.0. The van der Waals surface area contributed by atoms with Crippen LogP contribution in [0.3, 0.4) is 0 Å². The van der Waals surface area contributed by atoms with E-state index in [4.69, 9.17) is 33.7 Å². The van der Waals surface area contributed by atoms with Gasteiger partial charge >= 0.3 is 12.1 Å². The Morgan fingerprint density at radius 1 is 1.11 bits per heavy atom. The molecule has 2 fully saturated rings. The number of hydrogen-bond acceptors (Lipinski definition) is 7. The highest BCUT2D eigenvalue weighted by atomic mass is 35.5. The van der Waals surface area contributed by atoms with Gasteiger partial charge in [0.2, 0.25) is 11.8 Å². The molecule has 12 nitrogen and oxygen atoms in total. The van der Waals surface area contributed by atoms with E-state index in [-0.39, 0.29) is 41.5 Å². The maximum Gasteiger partial charge on any atom is 0.419 e. The molecule has 3 aliphatic rings. The summed E-state index contributed by atoms with van der Waals surface area (Å²) >= 11 is 12.1. The quantitative estimate of drug-likeness (QED) is 0.388. The van der Waals surface area contributed by atoms with E-state index < -0.39 is 62.4 Å². The molecule has 4 unspecified atom stereocenters. The van der Waals surface area contributed by atoms with Crippen LogP contribution in [-0.2, 0) is 24.3 Å². The van der Waals surface area contributed by atoms with Crippen molar-refractivity contribution in [2.45, 2.75) is 94.7 Å². The first-order valence-electron chi connectivity index (χ1n) is 14.6. The predicted molar refractivity (Wildman–Crippen MR) is 166 cm³/mol. The number of benzene rings is 1. The Kier molecular flexibility index (Phi) is 10.1. The van der Waals surface area contributed by atoms with Crippen molar-refractivity contribution in [1.29, 1.82) is 0 Å². The minimum atomic E-state index is -4.21. The summed E-state index contributed by atoms with van der Waals surface area (Å²) in [6.07, 6.45) is 6.12. The molecule has 1 aliphatic carbocycles. The van der Waals surface area contributed by atoms with Crippen LogP contribution >= 0.6 is 23.2 Å². The van der Waals surface area contributed by atoms with E-state index in [1.165, 1.54) is 23.1 Å². The first-order valence-corrected chi connectivity index (χ1v) is 16.9. The fraction of sp³-hybridized carbons (Fsp3) is 0.586. The van der Waals surface area contributed by atoms with Gasteiger partial charge in [-0.25, -0.2) is 22.9 Å². The Balaban J connectivity index is 1.65. The molecule has 1 aromatic rings. The van der Waals surface area contributed by atoms with Gasteiger partial charge in [-0.15, -0.1) is 0 Å². The molecular formula is C29H39Cl2N5O7S. The van der Waals surface area contributed by atoms with Crippen LogP contribution in [0.25, 0.3) is 0 Å². The van der Waals surface area contributed by atoms with Crippen molar-refractivity contribution in [3.8, 4) is 0 Å². The molecule has 2 heterocycles.